The van der Waals surface area contributed by atoms with Gasteiger partial charge in [-0.3, -0.25) is 0 Å². The van der Waals surface area contributed by atoms with Crippen LogP contribution in [0.4, 0.5) is 0 Å². The summed E-state index contributed by atoms with van der Waals surface area (Å²) in [6.07, 6.45) is 4.96. The van der Waals surface area contributed by atoms with Crippen molar-refractivity contribution in [2.24, 2.45) is 11.1 Å². The number of ether oxygens (including phenoxy) is 1. The third-order valence-electron chi connectivity index (χ3n) is 3.54. The molecule has 2 heterocycles. The minimum atomic E-state index is 0.0413. The van der Waals surface area contributed by atoms with E-state index in [1.165, 1.54) is 0 Å². The molecule has 0 spiro atoms. The molecule has 0 aromatic carbocycles. The highest BCUT2D eigenvalue weighted by molar-refractivity contribution is 4.93. The highest BCUT2D eigenvalue weighted by atomic mass is 16.5. The Bertz CT molecular complexity index is 370. The molecule has 1 aliphatic heterocycles. The lowest BCUT2D eigenvalue weighted by atomic mass is 9.84. The topological polar surface area (TPSA) is 74.2 Å². The molecule has 5 nitrogen and oxygen atoms in total. The van der Waals surface area contributed by atoms with Crippen molar-refractivity contribution in [3.05, 3.63) is 11.7 Å². The average Bonchev–Trinajstić information content (AvgIpc) is 2.97. The summed E-state index contributed by atoms with van der Waals surface area (Å²) in [4.78, 5) is 4.42. The van der Waals surface area contributed by atoms with Crippen LogP contribution in [-0.2, 0) is 11.2 Å². The van der Waals surface area contributed by atoms with E-state index in [0.717, 1.165) is 45.3 Å². The second kappa shape index (κ2) is 5.80. The van der Waals surface area contributed by atoms with Crippen molar-refractivity contribution in [3.63, 3.8) is 0 Å². The van der Waals surface area contributed by atoms with Crippen LogP contribution < -0.4 is 5.73 Å². The lowest BCUT2D eigenvalue weighted by Gasteiger charge is -2.22. The zero-order chi connectivity index (χ0) is 13.0. The Labute approximate surface area is 108 Å². The largest absolute Gasteiger partial charge is 0.370 e. The minimum Gasteiger partial charge on any atom is -0.370 e. The maximum absolute atomic E-state index is 5.60. The summed E-state index contributed by atoms with van der Waals surface area (Å²) in [6, 6.07) is 0. The summed E-state index contributed by atoms with van der Waals surface area (Å²) < 4.78 is 10.8. The van der Waals surface area contributed by atoms with Crippen LogP contribution in [0.5, 0.6) is 0 Å². The average molecular weight is 253 g/mol. The molecule has 5 heteroatoms. The molecule has 1 unspecified atom stereocenters. The summed E-state index contributed by atoms with van der Waals surface area (Å²) in [7, 11) is 0. The van der Waals surface area contributed by atoms with Gasteiger partial charge in [0.15, 0.2) is 0 Å². The van der Waals surface area contributed by atoms with Gasteiger partial charge in [-0.05, 0) is 37.6 Å². The Morgan fingerprint density at radius 1 is 1.39 bits per heavy atom. The van der Waals surface area contributed by atoms with E-state index >= 15 is 0 Å². The Hall–Kier alpha value is -0.940. The first-order valence-electron chi connectivity index (χ1n) is 6.75. The van der Waals surface area contributed by atoms with Crippen LogP contribution in [0.25, 0.3) is 0 Å². The second-order valence-electron chi connectivity index (χ2n) is 5.75. The maximum Gasteiger partial charge on any atom is 0.226 e. The van der Waals surface area contributed by atoms with Crippen molar-refractivity contribution < 1.29 is 9.26 Å². The van der Waals surface area contributed by atoms with Crippen LogP contribution >= 0.6 is 0 Å². The lowest BCUT2D eigenvalue weighted by Crippen LogP contribution is -2.17. The molecule has 0 radical (unpaired) electrons. The van der Waals surface area contributed by atoms with E-state index in [2.05, 4.69) is 24.0 Å². The number of nitrogens with zero attached hydrogens (tertiary/aromatic N) is 2. The molecule has 18 heavy (non-hydrogen) atoms. The zero-order valence-electron chi connectivity index (χ0n) is 11.3. The monoisotopic (exact) mass is 253 g/mol. The first-order chi connectivity index (χ1) is 8.61. The molecule has 1 aromatic rings. The molecule has 1 aliphatic rings. The molecule has 2 N–H and O–H groups in total. The van der Waals surface area contributed by atoms with E-state index in [0.29, 0.717) is 11.7 Å². The lowest BCUT2D eigenvalue weighted by molar-refractivity contribution is 0.103. The van der Waals surface area contributed by atoms with Crippen molar-refractivity contribution >= 4 is 0 Å². The van der Waals surface area contributed by atoms with E-state index in [1.807, 2.05) is 0 Å². The number of aryl methyl sites for hydroxylation is 1. The Kier molecular flexibility index (Phi) is 4.35. The molecule has 0 bridgehead atoms. The predicted molar refractivity (Wildman–Crippen MR) is 68.0 cm³/mol. The fraction of sp³-hybridized carbons (Fsp3) is 0.846. The molecule has 0 saturated carbocycles. The SMILES string of the molecule is CC(C)(CCN)CCc1nc(C2CCCO2)no1. The fourth-order valence-corrected chi connectivity index (χ4v) is 2.24. The predicted octanol–water partition coefficient (Wildman–Crippen LogP) is 2.23. The maximum atomic E-state index is 5.60. The molecule has 0 amide bonds. The zero-order valence-corrected chi connectivity index (χ0v) is 11.3. The molecule has 1 fully saturated rings. The van der Waals surface area contributed by atoms with Crippen molar-refractivity contribution in [1.82, 2.24) is 10.1 Å². The first kappa shape index (κ1) is 13.5. The van der Waals surface area contributed by atoms with Gasteiger partial charge in [-0.25, -0.2) is 0 Å². The van der Waals surface area contributed by atoms with Gasteiger partial charge in [0.1, 0.15) is 6.10 Å². The van der Waals surface area contributed by atoms with Gasteiger partial charge >= 0.3 is 0 Å². The molecule has 1 saturated heterocycles. The van der Waals surface area contributed by atoms with Crippen LogP contribution in [-0.4, -0.2) is 23.3 Å². The van der Waals surface area contributed by atoms with Crippen molar-refractivity contribution in [3.8, 4) is 0 Å². The molecule has 102 valence electrons. The summed E-state index contributed by atoms with van der Waals surface area (Å²) >= 11 is 0. The van der Waals surface area contributed by atoms with Crippen LogP contribution in [0.1, 0.15) is 57.3 Å². The van der Waals surface area contributed by atoms with Crippen LogP contribution in [0.3, 0.4) is 0 Å². The number of hydrogen-bond donors (Lipinski definition) is 1. The fourth-order valence-electron chi connectivity index (χ4n) is 2.24. The van der Waals surface area contributed by atoms with E-state index < -0.39 is 0 Å². The summed E-state index contributed by atoms with van der Waals surface area (Å²) in [5.74, 6) is 1.42. The Morgan fingerprint density at radius 2 is 2.22 bits per heavy atom. The molecule has 0 aliphatic carbocycles. The summed E-state index contributed by atoms with van der Waals surface area (Å²) in [5, 5.41) is 4.01. The van der Waals surface area contributed by atoms with Crippen LogP contribution in [0.15, 0.2) is 4.52 Å². The minimum absolute atomic E-state index is 0.0413. The molecular weight excluding hydrogens is 230 g/mol. The highest BCUT2D eigenvalue weighted by Crippen LogP contribution is 2.28. The summed E-state index contributed by atoms with van der Waals surface area (Å²) in [5.41, 5.74) is 5.83. The van der Waals surface area contributed by atoms with Gasteiger partial charge in [0.2, 0.25) is 11.7 Å². The van der Waals surface area contributed by atoms with Gasteiger partial charge in [0.05, 0.1) is 0 Å². The molecule has 1 aromatic heterocycles. The second-order valence-corrected chi connectivity index (χ2v) is 5.75. The standard InChI is InChI=1S/C13H23N3O2/c1-13(2,7-8-14)6-5-11-15-12(16-18-11)10-4-3-9-17-10/h10H,3-9,14H2,1-2H3. The molecule has 1 atom stereocenters. The van der Waals surface area contributed by atoms with Crippen molar-refractivity contribution in [2.45, 2.75) is 52.1 Å². The van der Waals surface area contributed by atoms with Gasteiger partial charge in [-0.1, -0.05) is 19.0 Å². The quantitative estimate of drug-likeness (QED) is 0.841. The molecular formula is C13H23N3O2. The number of hydrogen-bond acceptors (Lipinski definition) is 5. The number of aromatic nitrogens is 2. The number of nitrogens with two attached hydrogens (primary N) is 1. The van der Waals surface area contributed by atoms with Crippen LogP contribution in [0, 0.1) is 5.41 Å². The Morgan fingerprint density at radius 3 is 2.89 bits per heavy atom. The van der Waals surface area contributed by atoms with Crippen LogP contribution in [0.2, 0.25) is 0 Å². The van der Waals surface area contributed by atoms with Gasteiger partial charge < -0.3 is 15.0 Å². The van der Waals surface area contributed by atoms with E-state index in [1.54, 1.807) is 0 Å². The first-order valence-corrected chi connectivity index (χ1v) is 6.75. The highest BCUT2D eigenvalue weighted by Gasteiger charge is 2.24. The summed E-state index contributed by atoms with van der Waals surface area (Å²) in [6.45, 7) is 5.96. The normalized spacial score (nSPS) is 20.5. The van der Waals surface area contributed by atoms with Gasteiger partial charge in [-0.2, -0.15) is 4.98 Å². The van der Waals surface area contributed by atoms with Crippen molar-refractivity contribution in [1.29, 1.82) is 0 Å². The number of rotatable bonds is 6. The third kappa shape index (κ3) is 3.53. The third-order valence-corrected chi connectivity index (χ3v) is 3.54. The smallest absolute Gasteiger partial charge is 0.226 e. The van der Waals surface area contributed by atoms with E-state index in [9.17, 15) is 0 Å². The van der Waals surface area contributed by atoms with Gasteiger partial charge in [0, 0.05) is 13.0 Å². The Balaban J connectivity index is 1.86. The van der Waals surface area contributed by atoms with Crippen molar-refractivity contribution in [2.75, 3.05) is 13.2 Å². The molecule has 2 rings (SSSR count). The van der Waals surface area contributed by atoms with Gasteiger partial charge in [-0.15, -0.1) is 0 Å². The van der Waals surface area contributed by atoms with E-state index in [-0.39, 0.29) is 11.5 Å². The van der Waals surface area contributed by atoms with Gasteiger partial charge in [0.25, 0.3) is 0 Å². The van der Waals surface area contributed by atoms with E-state index in [4.69, 9.17) is 15.0 Å².